The molecule has 1 aromatic carbocycles. The summed E-state index contributed by atoms with van der Waals surface area (Å²) in [5.41, 5.74) is 3.87. The van der Waals surface area contributed by atoms with E-state index in [0.29, 0.717) is 22.5 Å². The number of nitrogens with zero attached hydrogens (tertiary/aromatic N) is 2. The van der Waals surface area contributed by atoms with Crippen LogP contribution in [0, 0.1) is 19.7 Å². The average Bonchev–Trinajstić information content (AvgIpc) is 3.02. The SMILES string of the molecule is COC(=O)C1=C(C)N(c2ccc(C)c(F)c2)C(=O)NC1c1scnc1C. The predicted octanol–water partition coefficient (Wildman–Crippen LogP) is 3.62. The summed E-state index contributed by atoms with van der Waals surface area (Å²) in [5, 5.41) is 2.81. The number of halogens is 1. The smallest absolute Gasteiger partial charge is 0.338 e. The van der Waals surface area contributed by atoms with Crippen molar-refractivity contribution in [1.29, 1.82) is 0 Å². The molecule has 1 aromatic heterocycles. The Morgan fingerprint density at radius 1 is 1.35 bits per heavy atom. The van der Waals surface area contributed by atoms with E-state index in [1.54, 1.807) is 31.5 Å². The fraction of sp³-hybridized carbons (Fsp3) is 0.278. The number of carbonyl (C=O) groups is 2. The third-order valence-electron chi connectivity index (χ3n) is 4.35. The normalized spacial score (nSPS) is 17.3. The molecule has 2 heterocycles. The molecule has 1 N–H and O–H groups in total. The van der Waals surface area contributed by atoms with Gasteiger partial charge in [0.2, 0.25) is 0 Å². The van der Waals surface area contributed by atoms with Crippen molar-refractivity contribution in [2.45, 2.75) is 26.8 Å². The van der Waals surface area contributed by atoms with E-state index in [-0.39, 0.29) is 0 Å². The van der Waals surface area contributed by atoms with Crippen LogP contribution < -0.4 is 10.2 Å². The van der Waals surface area contributed by atoms with Gasteiger partial charge in [-0.3, -0.25) is 4.90 Å². The second-order valence-electron chi connectivity index (χ2n) is 5.94. The fourth-order valence-corrected chi connectivity index (χ4v) is 3.79. The molecule has 0 saturated heterocycles. The molecular formula is C18H18FN3O3S. The first-order chi connectivity index (χ1) is 12.3. The summed E-state index contributed by atoms with van der Waals surface area (Å²) in [7, 11) is 1.28. The first kappa shape index (κ1) is 18.1. The highest BCUT2D eigenvalue weighted by Gasteiger charge is 2.38. The zero-order valence-corrected chi connectivity index (χ0v) is 15.6. The van der Waals surface area contributed by atoms with E-state index in [1.165, 1.54) is 29.4 Å². The van der Waals surface area contributed by atoms with Gasteiger partial charge in [-0.15, -0.1) is 11.3 Å². The summed E-state index contributed by atoms with van der Waals surface area (Å²) in [6.07, 6.45) is 0. The lowest BCUT2D eigenvalue weighted by molar-refractivity contribution is -0.136. The number of allylic oxidation sites excluding steroid dienone is 1. The lowest BCUT2D eigenvalue weighted by Gasteiger charge is -2.34. The van der Waals surface area contributed by atoms with E-state index in [9.17, 15) is 14.0 Å². The van der Waals surface area contributed by atoms with Crippen LogP contribution in [-0.2, 0) is 9.53 Å². The predicted molar refractivity (Wildman–Crippen MR) is 96.5 cm³/mol. The molecule has 2 aromatic rings. The molecule has 2 amide bonds. The third-order valence-corrected chi connectivity index (χ3v) is 5.34. The fourth-order valence-electron chi connectivity index (χ4n) is 2.93. The maximum Gasteiger partial charge on any atom is 0.338 e. The van der Waals surface area contributed by atoms with Crippen LogP contribution in [0.4, 0.5) is 14.9 Å². The van der Waals surface area contributed by atoms with E-state index >= 15 is 0 Å². The number of urea groups is 1. The van der Waals surface area contributed by atoms with Gasteiger partial charge in [0, 0.05) is 5.70 Å². The minimum atomic E-state index is -0.658. The molecule has 0 saturated carbocycles. The summed E-state index contributed by atoms with van der Waals surface area (Å²) in [4.78, 5) is 31.4. The van der Waals surface area contributed by atoms with Gasteiger partial charge in [-0.1, -0.05) is 6.07 Å². The van der Waals surface area contributed by atoms with Gasteiger partial charge in [-0.2, -0.15) is 0 Å². The number of hydrogen-bond donors (Lipinski definition) is 1. The van der Waals surface area contributed by atoms with Crippen LogP contribution in [0.15, 0.2) is 35.0 Å². The lowest BCUT2D eigenvalue weighted by atomic mass is 9.99. The van der Waals surface area contributed by atoms with Crippen molar-refractivity contribution in [1.82, 2.24) is 10.3 Å². The highest BCUT2D eigenvalue weighted by Crippen LogP contribution is 2.36. The summed E-state index contributed by atoms with van der Waals surface area (Å²) < 4.78 is 18.9. The van der Waals surface area contributed by atoms with Gasteiger partial charge in [0.15, 0.2) is 0 Å². The zero-order valence-electron chi connectivity index (χ0n) is 14.8. The van der Waals surface area contributed by atoms with Gasteiger partial charge < -0.3 is 10.1 Å². The Morgan fingerprint density at radius 2 is 2.08 bits per heavy atom. The van der Waals surface area contributed by atoms with Gasteiger partial charge in [0.25, 0.3) is 0 Å². The molecule has 3 rings (SSSR count). The molecule has 0 radical (unpaired) electrons. The number of ether oxygens (including phenoxy) is 1. The number of aryl methyl sites for hydroxylation is 2. The summed E-state index contributed by atoms with van der Waals surface area (Å²) in [6, 6.07) is 3.38. The van der Waals surface area contributed by atoms with Crippen molar-refractivity contribution in [2.75, 3.05) is 12.0 Å². The molecule has 6 nitrogen and oxygen atoms in total. The number of thiazole rings is 1. The van der Waals surface area contributed by atoms with E-state index in [2.05, 4.69) is 10.3 Å². The number of esters is 1. The number of benzene rings is 1. The first-order valence-electron chi connectivity index (χ1n) is 7.91. The van der Waals surface area contributed by atoms with E-state index in [1.807, 2.05) is 6.92 Å². The van der Waals surface area contributed by atoms with Gasteiger partial charge in [-0.05, 0) is 38.5 Å². The summed E-state index contributed by atoms with van der Waals surface area (Å²) in [5.74, 6) is -0.985. The number of hydrogen-bond acceptors (Lipinski definition) is 5. The van der Waals surface area contributed by atoms with Crippen molar-refractivity contribution in [3.63, 3.8) is 0 Å². The van der Waals surface area contributed by atoms with Gasteiger partial charge in [0.05, 0.1) is 34.5 Å². The highest BCUT2D eigenvalue weighted by molar-refractivity contribution is 7.09. The topological polar surface area (TPSA) is 71.5 Å². The highest BCUT2D eigenvalue weighted by atomic mass is 32.1. The molecule has 0 spiro atoms. The Labute approximate surface area is 154 Å². The molecule has 0 bridgehead atoms. The maximum absolute atomic E-state index is 14.0. The second kappa shape index (κ2) is 6.87. The van der Waals surface area contributed by atoms with Gasteiger partial charge in [-0.25, -0.2) is 19.0 Å². The van der Waals surface area contributed by atoms with E-state index in [4.69, 9.17) is 4.74 Å². The Balaban J connectivity index is 2.16. The average molecular weight is 375 g/mol. The number of rotatable bonds is 3. The quantitative estimate of drug-likeness (QED) is 0.832. The van der Waals surface area contributed by atoms with Crippen molar-refractivity contribution in [3.8, 4) is 0 Å². The van der Waals surface area contributed by atoms with Crippen molar-refractivity contribution in [2.24, 2.45) is 0 Å². The van der Waals surface area contributed by atoms with Crippen molar-refractivity contribution in [3.05, 3.63) is 56.9 Å². The molecule has 1 aliphatic heterocycles. The molecule has 1 unspecified atom stereocenters. The first-order valence-corrected chi connectivity index (χ1v) is 8.79. The van der Waals surface area contributed by atoms with Crippen LogP contribution in [-0.4, -0.2) is 24.1 Å². The number of amides is 2. The minimum Gasteiger partial charge on any atom is -0.466 e. The molecule has 1 aliphatic rings. The van der Waals surface area contributed by atoms with Crippen LogP contribution in [0.2, 0.25) is 0 Å². The minimum absolute atomic E-state index is 0.292. The second-order valence-corrected chi connectivity index (χ2v) is 6.83. The van der Waals surface area contributed by atoms with Crippen LogP contribution >= 0.6 is 11.3 Å². The molecule has 8 heteroatoms. The van der Waals surface area contributed by atoms with Crippen LogP contribution in [0.3, 0.4) is 0 Å². The standard InChI is InChI=1S/C18H18FN3O3S/c1-9-5-6-12(7-13(9)19)22-11(3)14(17(23)25-4)15(21-18(22)24)16-10(2)20-8-26-16/h5-8,15H,1-4H3,(H,21,24). The van der Waals surface area contributed by atoms with E-state index < -0.39 is 23.9 Å². The number of nitrogens with one attached hydrogen (secondary N) is 1. The van der Waals surface area contributed by atoms with Crippen LogP contribution in [0.1, 0.15) is 29.1 Å². The molecule has 0 aliphatic carbocycles. The number of carbonyl (C=O) groups excluding carboxylic acids is 2. The van der Waals surface area contributed by atoms with Crippen LogP contribution in [0.25, 0.3) is 0 Å². The number of methoxy groups -OCH3 is 1. The van der Waals surface area contributed by atoms with Crippen LogP contribution in [0.5, 0.6) is 0 Å². The van der Waals surface area contributed by atoms with Crippen molar-refractivity contribution >= 4 is 29.0 Å². The molecule has 26 heavy (non-hydrogen) atoms. The summed E-state index contributed by atoms with van der Waals surface area (Å²) >= 11 is 1.35. The lowest BCUT2D eigenvalue weighted by Crippen LogP contribution is -2.48. The Kier molecular flexibility index (Phi) is 4.78. The van der Waals surface area contributed by atoms with Gasteiger partial charge in [0.1, 0.15) is 11.9 Å². The molecule has 1 atom stereocenters. The third kappa shape index (κ3) is 2.96. The maximum atomic E-state index is 14.0. The largest absolute Gasteiger partial charge is 0.466 e. The number of anilines is 1. The number of aromatic nitrogens is 1. The Hall–Kier alpha value is -2.74. The molecule has 136 valence electrons. The Morgan fingerprint density at radius 3 is 2.65 bits per heavy atom. The molecule has 0 fully saturated rings. The zero-order chi connectivity index (χ0) is 19.0. The Bertz CT molecular complexity index is 922. The summed E-state index contributed by atoms with van der Waals surface area (Å²) in [6.45, 7) is 5.09. The van der Waals surface area contributed by atoms with E-state index in [0.717, 1.165) is 10.6 Å². The molecular weight excluding hydrogens is 357 g/mol. The van der Waals surface area contributed by atoms with Crippen molar-refractivity contribution < 1.29 is 18.7 Å². The monoisotopic (exact) mass is 375 g/mol. The van der Waals surface area contributed by atoms with Gasteiger partial charge >= 0.3 is 12.0 Å².